The molecule has 1 atom stereocenters. The minimum absolute atomic E-state index is 0.123. The number of carbonyl (C=O) groups excluding carboxylic acids is 1. The van der Waals surface area contributed by atoms with Gasteiger partial charge in [0.25, 0.3) is 0 Å². The molecular weight excluding hydrogens is 310 g/mol. The van der Waals surface area contributed by atoms with Crippen LogP contribution >= 0.6 is 11.6 Å². The number of hydrogen-bond acceptors (Lipinski definition) is 3. The molecule has 4 N–H and O–H groups in total. The van der Waals surface area contributed by atoms with Gasteiger partial charge in [0, 0.05) is 23.5 Å². The average Bonchev–Trinajstić information content (AvgIpc) is 3.35. The van der Waals surface area contributed by atoms with Crippen molar-refractivity contribution in [1.82, 2.24) is 0 Å². The van der Waals surface area contributed by atoms with E-state index in [0.29, 0.717) is 16.8 Å². The predicted molar refractivity (Wildman–Crippen MR) is 94.7 cm³/mol. The van der Waals surface area contributed by atoms with Gasteiger partial charge in [0.1, 0.15) is 0 Å². The van der Waals surface area contributed by atoms with Crippen molar-refractivity contribution in [1.29, 1.82) is 0 Å². The number of nitrogens with two attached hydrogens (primary N) is 1. The Kier molecular flexibility index (Phi) is 4.84. The van der Waals surface area contributed by atoms with Gasteiger partial charge in [0.15, 0.2) is 0 Å². The second-order valence-electron chi connectivity index (χ2n) is 5.88. The highest BCUT2D eigenvalue weighted by atomic mass is 35.5. The summed E-state index contributed by atoms with van der Waals surface area (Å²) < 4.78 is 0. The van der Waals surface area contributed by atoms with Gasteiger partial charge in [-0.1, -0.05) is 41.9 Å². The average molecular weight is 330 g/mol. The lowest BCUT2D eigenvalue weighted by Gasteiger charge is -2.15. The van der Waals surface area contributed by atoms with Crippen molar-refractivity contribution in [2.24, 2.45) is 5.73 Å². The summed E-state index contributed by atoms with van der Waals surface area (Å²) in [7, 11) is 0. The van der Waals surface area contributed by atoms with Crippen LogP contribution in [0.5, 0.6) is 0 Å². The van der Waals surface area contributed by atoms with Crippen molar-refractivity contribution in [3.05, 3.63) is 59.1 Å². The Morgan fingerprint density at radius 2 is 1.91 bits per heavy atom. The number of benzene rings is 2. The molecule has 0 heterocycles. The van der Waals surface area contributed by atoms with Gasteiger partial charge in [-0.05, 0) is 36.6 Å². The van der Waals surface area contributed by atoms with Gasteiger partial charge in [-0.2, -0.15) is 0 Å². The number of nitrogens with one attached hydrogen (secondary N) is 2. The van der Waals surface area contributed by atoms with E-state index in [2.05, 4.69) is 10.6 Å². The van der Waals surface area contributed by atoms with E-state index >= 15 is 0 Å². The van der Waals surface area contributed by atoms with Crippen LogP contribution in [-0.2, 0) is 4.79 Å². The second-order valence-corrected chi connectivity index (χ2v) is 6.31. The van der Waals surface area contributed by atoms with Crippen molar-refractivity contribution < 1.29 is 4.79 Å². The van der Waals surface area contributed by atoms with E-state index in [9.17, 15) is 4.79 Å². The molecule has 0 spiro atoms. The van der Waals surface area contributed by atoms with Gasteiger partial charge < -0.3 is 16.4 Å². The first-order valence-corrected chi connectivity index (χ1v) is 8.16. The molecule has 5 heteroatoms. The fourth-order valence-electron chi connectivity index (χ4n) is 2.41. The number of anilines is 2. The van der Waals surface area contributed by atoms with Gasteiger partial charge in [-0.25, -0.2) is 0 Å². The molecule has 0 aliphatic heterocycles. The third kappa shape index (κ3) is 4.47. The molecule has 4 nitrogen and oxygen atoms in total. The third-order valence-corrected chi connectivity index (χ3v) is 4.06. The highest BCUT2D eigenvalue weighted by Gasteiger charge is 2.22. The van der Waals surface area contributed by atoms with Gasteiger partial charge in [0.2, 0.25) is 5.91 Å². The summed E-state index contributed by atoms with van der Waals surface area (Å²) in [5.41, 5.74) is 8.66. The van der Waals surface area contributed by atoms with E-state index in [4.69, 9.17) is 17.3 Å². The normalized spacial score (nSPS) is 15.0. The first-order chi connectivity index (χ1) is 11.1. The summed E-state index contributed by atoms with van der Waals surface area (Å²) in [4.78, 5) is 12.3. The predicted octanol–water partition coefficient (Wildman–Crippen LogP) is 3.94. The minimum Gasteiger partial charge on any atom is -0.381 e. The lowest BCUT2D eigenvalue weighted by molar-refractivity contribution is -0.116. The maximum atomic E-state index is 12.3. The van der Waals surface area contributed by atoms with Crippen molar-refractivity contribution >= 4 is 28.9 Å². The van der Waals surface area contributed by atoms with Crippen LogP contribution in [0.4, 0.5) is 11.4 Å². The van der Waals surface area contributed by atoms with Gasteiger partial charge in [-0.3, -0.25) is 4.79 Å². The quantitative estimate of drug-likeness (QED) is 0.752. The molecule has 2 aromatic carbocycles. The Hall–Kier alpha value is -2.04. The van der Waals surface area contributed by atoms with E-state index in [1.165, 1.54) is 0 Å². The maximum absolute atomic E-state index is 12.3. The largest absolute Gasteiger partial charge is 0.381 e. The zero-order chi connectivity index (χ0) is 16.2. The minimum atomic E-state index is -0.324. The summed E-state index contributed by atoms with van der Waals surface area (Å²) >= 11 is 6.05. The van der Waals surface area contributed by atoms with Crippen LogP contribution in [0.15, 0.2) is 48.5 Å². The number of halogens is 1. The smallest absolute Gasteiger partial charge is 0.226 e. The molecule has 2 aromatic rings. The summed E-state index contributed by atoms with van der Waals surface area (Å²) in [6, 6.07) is 15.3. The van der Waals surface area contributed by atoms with Crippen molar-refractivity contribution in [3.63, 3.8) is 0 Å². The molecule has 0 radical (unpaired) electrons. The second kappa shape index (κ2) is 7.02. The van der Waals surface area contributed by atoms with Crippen LogP contribution in [0.3, 0.4) is 0 Å². The van der Waals surface area contributed by atoms with Gasteiger partial charge in [-0.15, -0.1) is 0 Å². The lowest BCUT2D eigenvalue weighted by atomic mass is 10.0. The third-order valence-electron chi connectivity index (χ3n) is 3.83. The molecule has 0 bridgehead atoms. The molecule has 1 aliphatic carbocycles. The van der Waals surface area contributed by atoms with Crippen LogP contribution in [0.1, 0.15) is 30.9 Å². The molecule has 0 saturated heterocycles. The number of amides is 1. The first kappa shape index (κ1) is 15.8. The lowest BCUT2D eigenvalue weighted by Crippen LogP contribution is -2.21. The Balaban J connectivity index is 1.66. The number of carbonyl (C=O) groups is 1. The molecule has 1 fully saturated rings. The molecule has 120 valence electrons. The van der Waals surface area contributed by atoms with E-state index in [1.807, 2.05) is 42.5 Å². The Morgan fingerprint density at radius 1 is 1.17 bits per heavy atom. The van der Waals surface area contributed by atoms with Crippen LogP contribution in [-0.4, -0.2) is 11.9 Å². The monoisotopic (exact) mass is 329 g/mol. The first-order valence-electron chi connectivity index (χ1n) is 7.78. The molecule has 1 saturated carbocycles. The summed E-state index contributed by atoms with van der Waals surface area (Å²) in [6.07, 6.45) is 2.54. The van der Waals surface area contributed by atoms with Crippen LogP contribution < -0.4 is 16.4 Å². The highest BCUT2D eigenvalue weighted by molar-refractivity contribution is 6.31. The Morgan fingerprint density at radius 3 is 2.61 bits per heavy atom. The molecule has 1 amide bonds. The maximum Gasteiger partial charge on any atom is 0.226 e. The van der Waals surface area contributed by atoms with Gasteiger partial charge in [0.05, 0.1) is 11.4 Å². The topological polar surface area (TPSA) is 67.2 Å². The van der Waals surface area contributed by atoms with Crippen molar-refractivity contribution in [2.45, 2.75) is 31.3 Å². The molecule has 1 unspecified atom stereocenters. The summed E-state index contributed by atoms with van der Waals surface area (Å²) in [6.45, 7) is 0. The number of rotatable bonds is 6. The standard InChI is InChI=1S/C18H20ClN3O/c19-13-6-9-16(21-14-7-8-14)17(10-13)22-18(23)11-15(20)12-4-2-1-3-5-12/h1-6,9-10,14-15,21H,7-8,11,20H2,(H,22,23). The van der Waals surface area contributed by atoms with Crippen LogP contribution in [0.25, 0.3) is 0 Å². The van der Waals surface area contributed by atoms with E-state index in [1.54, 1.807) is 6.07 Å². The van der Waals surface area contributed by atoms with Gasteiger partial charge >= 0.3 is 0 Å². The molecular formula is C18H20ClN3O. The molecule has 0 aromatic heterocycles. The zero-order valence-electron chi connectivity index (χ0n) is 12.8. The summed E-state index contributed by atoms with van der Waals surface area (Å²) in [5.74, 6) is -0.123. The zero-order valence-corrected chi connectivity index (χ0v) is 13.5. The Labute approximate surface area is 141 Å². The molecule has 23 heavy (non-hydrogen) atoms. The van der Waals surface area contributed by atoms with Crippen LogP contribution in [0, 0.1) is 0 Å². The number of hydrogen-bond donors (Lipinski definition) is 3. The van der Waals surface area contributed by atoms with Crippen molar-refractivity contribution in [2.75, 3.05) is 10.6 Å². The van der Waals surface area contributed by atoms with E-state index in [0.717, 1.165) is 24.1 Å². The van der Waals surface area contributed by atoms with Crippen molar-refractivity contribution in [3.8, 4) is 0 Å². The fourth-order valence-corrected chi connectivity index (χ4v) is 2.58. The summed E-state index contributed by atoms with van der Waals surface area (Å²) in [5, 5.41) is 6.91. The highest BCUT2D eigenvalue weighted by Crippen LogP contribution is 2.31. The Bertz CT molecular complexity index is 686. The SMILES string of the molecule is NC(CC(=O)Nc1cc(Cl)ccc1NC1CC1)c1ccccc1. The molecule has 3 rings (SSSR count). The van der Waals surface area contributed by atoms with Crippen LogP contribution in [0.2, 0.25) is 5.02 Å². The fraction of sp³-hybridized carbons (Fsp3) is 0.278. The van der Waals surface area contributed by atoms with E-state index < -0.39 is 0 Å². The van der Waals surface area contributed by atoms with E-state index in [-0.39, 0.29) is 18.4 Å². The molecule has 1 aliphatic rings.